The molecular formula is C36H52N2O6S. The van der Waals surface area contributed by atoms with Crippen molar-refractivity contribution in [3.8, 4) is 0 Å². The maximum atomic E-state index is 13.5. The van der Waals surface area contributed by atoms with Crippen molar-refractivity contribution in [2.75, 3.05) is 7.11 Å². The Bertz CT molecular complexity index is 1380. The largest absolute Gasteiger partial charge is 0.469 e. The SMILES string of the molecule is COC(=O)[C@]12CCC(C)(C)C[C@@H]1C1=CC[C@@H]3[C@@]4(C)CC/C(=N/OC(=O)C[C@H]5SC(=O)NC5=O)C(C)(C)[C@@H]4CC[C@@]3(C)[C@]1(C)CC2. The van der Waals surface area contributed by atoms with Crippen LogP contribution in [0.1, 0.15) is 119 Å². The minimum Gasteiger partial charge on any atom is -0.469 e. The summed E-state index contributed by atoms with van der Waals surface area (Å²) in [5.74, 6) is 0.0713. The van der Waals surface area contributed by atoms with Gasteiger partial charge in [0.2, 0.25) is 5.91 Å². The van der Waals surface area contributed by atoms with Crippen molar-refractivity contribution in [1.29, 1.82) is 0 Å². The topological polar surface area (TPSA) is 111 Å². The summed E-state index contributed by atoms with van der Waals surface area (Å²) in [6.45, 7) is 16.8. The summed E-state index contributed by atoms with van der Waals surface area (Å²) in [5, 5.41) is 5.45. The highest BCUT2D eigenvalue weighted by Crippen LogP contribution is 2.75. The Morgan fingerprint density at radius 3 is 2.36 bits per heavy atom. The van der Waals surface area contributed by atoms with Crippen LogP contribution >= 0.6 is 11.8 Å². The van der Waals surface area contributed by atoms with Crippen LogP contribution in [0.25, 0.3) is 0 Å². The summed E-state index contributed by atoms with van der Waals surface area (Å²) in [4.78, 5) is 54.9. The number of ether oxygens (including phenoxy) is 1. The van der Waals surface area contributed by atoms with Gasteiger partial charge in [0, 0.05) is 5.41 Å². The number of amides is 2. The van der Waals surface area contributed by atoms with Crippen LogP contribution in [0.4, 0.5) is 4.79 Å². The van der Waals surface area contributed by atoms with Gasteiger partial charge in [-0.05, 0) is 104 Å². The number of esters is 1. The number of allylic oxidation sites excluding steroid dienone is 2. The van der Waals surface area contributed by atoms with Gasteiger partial charge in [0.1, 0.15) is 5.25 Å². The molecule has 1 aliphatic heterocycles. The lowest BCUT2D eigenvalue weighted by molar-refractivity contribution is -0.181. The second kappa shape index (κ2) is 10.7. The summed E-state index contributed by atoms with van der Waals surface area (Å²) in [7, 11) is 1.56. The van der Waals surface area contributed by atoms with Gasteiger partial charge in [-0.25, -0.2) is 4.79 Å². The highest BCUT2D eigenvalue weighted by molar-refractivity contribution is 8.15. The molecule has 0 radical (unpaired) electrons. The van der Waals surface area contributed by atoms with Crippen LogP contribution in [0.15, 0.2) is 16.8 Å². The van der Waals surface area contributed by atoms with E-state index in [1.165, 1.54) is 5.57 Å². The summed E-state index contributed by atoms with van der Waals surface area (Å²) >= 11 is 0.827. The predicted molar refractivity (Wildman–Crippen MR) is 174 cm³/mol. The van der Waals surface area contributed by atoms with E-state index in [0.717, 1.165) is 81.7 Å². The quantitative estimate of drug-likeness (QED) is 0.146. The number of oxime groups is 1. The fourth-order valence-corrected chi connectivity index (χ4v) is 12.4. The predicted octanol–water partition coefficient (Wildman–Crippen LogP) is 7.60. The molecule has 6 rings (SSSR count). The minimum atomic E-state index is -0.758. The molecule has 248 valence electrons. The van der Waals surface area contributed by atoms with E-state index in [0.29, 0.717) is 11.8 Å². The van der Waals surface area contributed by atoms with Crippen molar-refractivity contribution < 1.29 is 28.8 Å². The zero-order valence-electron chi connectivity index (χ0n) is 28.5. The molecule has 0 unspecified atom stereocenters. The Hall–Kier alpha value is -2.16. The number of hydrogen-bond donors (Lipinski definition) is 1. The monoisotopic (exact) mass is 640 g/mol. The number of thioether (sulfide) groups is 1. The first-order valence-electron chi connectivity index (χ1n) is 17.0. The van der Waals surface area contributed by atoms with Crippen molar-refractivity contribution in [1.82, 2.24) is 5.32 Å². The average Bonchev–Trinajstić information content (AvgIpc) is 3.27. The van der Waals surface area contributed by atoms with Crippen molar-refractivity contribution >= 4 is 40.6 Å². The third-order valence-corrected chi connectivity index (χ3v) is 15.4. The van der Waals surface area contributed by atoms with Crippen molar-refractivity contribution in [3.05, 3.63) is 11.6 Å². The zero-order valence-corrected chi connectivity index (χ0v) is 29.3. The van der Waals surface area contributed by atoms with E-state index in [9.17, 15) is 19.2 Å². The second-order valence-corrected chi connectivity index (χ2v) is 18.3. The molecule has 8 nitrogen and oxygen atoms in total. The summed E-state index contributed by atoms with van der Waals surface area (Å²) in [6.07, 6.45) is 12.3. The van der Waals surface area contributed by atoms with Gasteiger partial charge in [-0.3, -0.25) is 19.7 Å². The first kappa shape index (κ1) is 32.8. The standard InChI is InChI=1S/C36H52N2O6S/c1-31(2)15-17-36(29(41)43-8)18-16-34(6)21(22(36)20-31)9-10-25-33(5)13-12-26(32(3,4)24(33)11-14-35(25,34)7)38-44-27(39)19-23-28(40)37-30(42)45-23/h9,22-25H,10-20H2,1-8H3,(H,37,40,42)/b38-26-/t22-,23-,24+,25-,33+,34-,35-,36+/m1/s1. The van der Waals surface area contributed by atoms with E-state index in [4.69, 9.17) is 9.57 Å². The van der Waals surface area contributed by atoms with Crippen LogP contribution in [-0.4, -0.2) is 41.2 Å². The molecular weight excluding hydrogens is 588 g/mol. The maximum absolute atomic E-state index is 13.5. The third-order valence-electron chi connectivity index (χ3n) is 14.4. The molecule has 0 aromatic carbocycles. The van der Waals surface area contributed by atoms with Gasteiger partial charge in [-0.1, -0.05) is 77.0 Å². The van der Waals surface area contributed by atoms with E-state index >= 15 is 0 Å². The number of nitrogens with zero attached hydrogens (tertiary/aromatic N) is 1. The molecule has 6 aliphatic rings. The van der Waals surface area contributed by atoms with Crippen LogP contribution in [0.2, 0.25) is 0 Å². The Balaban J connectivity index is 1.26. The highest BCUT2D eigenvalue weighted by atomic mass is 32.2. The second-order valence-electron chi connectivity index (χ2n) is 17.2. The van der Waals surface area contributed by atoms with Gasteiger partial charge in [0.25, 0.3) is 5.24 Å². The molecule has 45 heavy (non-hydrogen) atoms. The summed E-state index contributed by atoms with van der Waals surface area (Å²) in [6, 6.07) is 0. The van der Waals surface area contributed by atoms with Gasteiger partial charge in [0.15, 0.2) is 0 Å². The average molecular weight is 641 g/mol. The Kier molecular flexibility index (Phi) is 7.78. The molecule has 0 spiro atoms. The third kappa shape index (κ3) is 4.78. The Morgan fingerprint density at radius 2 is 1.69 bits per heavy atom. The fourth-order valence-electron chi connectivity index (χ4n) is 11.6. The van der Waals surface area contributed by atoms with Crippen molar-refractivity contribution in [3.63, 3.8) is 0 Å². The normalized spacial score (nSPS) is 44.0. The maximum Gasteiger partial charge on any atom is 0.336 e. The van der Waals surface area contributed by atoms with E-state index in [2.05, 4.69) is 65.0 Å². The minimum absolute atomic E-state index is 0.00537. The van der Waals surface area contributed by atoms with Crippen LogP contribution in [-0.2, 0) is 24.0 Å². The summed E-state index contributed by atoms with van der Waals surface area (Å²) in [5.41, 5.74) is 2.22. The smallest absolute Gasteiger partial charge is 0.336 e. The van der Waals surface area contributed by atoms with E-state index in [1.54, 1.807) is 7.11 Å². The first-order chi connectivity index (χ1) is 20.9. The lowest BCUT2D eigenvalue weighted by atomic mass is 9.33. The number of carbonyl (C=O) groups excluding carboxylic acids is 4. The molecule has 9 heteroatoms. The molecule has 0 aromatic heterocycles. The lowest BCUT2D eigenvalue weighted by Crippen LogP contribution is -2.64. The molecule has 0 aromatic rings. The molecule has 1 N–H and O–H groups in total. The first-order valence-corrected chi connectivity index (χ1v) is 17.9. The Labute approximate surface area is 272 Å². The molecule has 1 heterocycles. The van der Waals surface area contributed by atoms with E-state index in [1.807, 2.05) is 0 Å². The number of nitrogens with one attached hydrogen (secondary N) is 1. The zero-order chi connectivity index (χ0) is 32.8. The van der Waals surface area contributed by atoms with Crippen LogP contribution < -0.4 is 5.32 Å². The lowest BCUT2D eigenvalue weighted by Gasteiger charge is -2.70. The molecule has 8 atom stereocenters. The molecule has 2 amide bonds. The number of imide groups is 1. The van der Waals surface area contributed by atoms with Crippen LogP contribution in [0, 0.1) is 50.2 Å². The van der Waals surface area contributed by atoms with Gasteiger partial charge in [-0.15, -0.1) is 0 Å². The van der Waals surface area contributed by atoms with Crippen molar-refractivity contribution in [2.45, 2.75) is 124 Å². The molecule has 4 saturated carbocycles. The molecule has 5 aliphatic carbocycles. The number of hydrogen-bond acceptors (Lipinski definition) is 8. The summed E-state index contributed by atoms with van der Waals surface area (Å²) < 4.78 is 5.52. The van der Waals surface area contributed by atoms with E-state index in [-0.39, 0.29) is 45.4 Å². The number of carbonyl (C=O) groups is 4. The highest BCUT2D eigenvalue weighted by Gasteiger charge is 2.69. The van der Waals surface area contributed by atoms with Crippen LogP contribution in [0.5, 0.6) is 0 Å². The van der Waals surface area contributed by atoms with Gasteiger partial charge in [0.05, 0.1) is 24.7 Å². The molecule has 5 fully saturated rings. The van der Waals surface area contributed by atoms with Gasteiger partial charge in [-0.2, -0.15) is 0 Å². The van der Waals surface area contributed by atoms with Crippen molar-refractivity contribution in [2.24, 2.45) is 55.4 Å². The van der Waals surface area contributed by atoms with E-state index < -0.39 is 27.8 Å². The fraction of sp³-hybridized carbons (Fsp3) is 0.806. The number of fused-ring (bicyclic) bond motifs is 7. The van der Waals surface area contributed by atoms with Gasteiger partial charge < -0.3 is 9.57 Å². The Morgan fingerprint density at radius 1 is 0.978 bits per heavy atom. The number of rotatable bonds is 4. The van der Waals surface area contributed by atoms with Gasteiger partial charge >= 0.3 is 11.9 Å². The molecule has 0 bridgehead atoms. The van der Waals surface area contributed by atoms with Crippen LogP contribution in [0.3, 0.4) is 0 Å². The molecule has 1 saturated heterocycles. The number of methoxy groups -OCH3 is 1.